The molecule has 0 aliphatic carbocycles. The van der Waals surface area contributed by atoms with Crippen molar-refractivity contribution in [2.75, 3.05) is 12.4 Å². The first-order valence-corrected chi connectivity index (χ1v) is 10.2. The van der Waals surface area contributed by atoms with Gasteiger partial charge in [0.15, 0.2) is 5.11 Å². The van der Waals surface area contributed by atoms with E-state index in [9.17, 15) is 14.0 Å². The smallest absolute Gasteiger partial charge is 0.338 e. The molecule has 1 heterocycles. The van der Waals surface area contributed by atoms with Gasteiger partial charge in [0.1, 0.15) is 5.82 Å². The summed E-state index contributed by atoms with van der Waals surface area (Å²) in [4.78, 5) is 26.9. The average molecular weight is 442 g/mol. The van der Waals surface area contributed by atoms with E-state index < -0.39 is 17.8 Å². The van der Waals surface area contributed by atoms with Gasteiger partial charge in [0.05, 0.1) is 17.7 Å². The molecule has 0 aromatic heterocycles. The number of benzene rings is 2. The van der Waals surface area contributed by atoms with Crippen LogP contribution >= 0.6 is 12.2 Å². The molecular weight excluding hydrogens is 417 g/mol. The Labute approximate surface area is 186 Å². The van der Waals surface area contributed by atoms with Crippen molar-refractivity contribution >= 4 is 34.9 Å². The first-order chi connectivity index (χ1) is 14.7. The monoisotopic (exact) mass is 441 g/mol. The first kappa shape index (κ1) is 22.4. The number of hydrogen-bond donors (Lipinski definition) is 2. The van der Waals surface area contributed by atoms with Crippen molar-refractivity contribution in [3.8, 4) is 0 Å². The van der Waals surface area contributed by atoms with E-state index in [-0.39, 0.29) is 12.0 Å². The lowest BCUT2D eigenvalue weighted by atomic mass is 9.95. The number of halogens is 1. The Hall–Kier alpha value is -3.26. The van der Waals surface area contributed by atoms with E-state index in [1.807, 2.05) is 19.1 Å². The van der Waals surface area contributed by atoms with Gasteiger partial charge in [0.2, 0.25) is 0 Å². The number of nitrogens with one attached hydrogen (secondary N) is 2. The van der Waals surface area contributed by atoms with Crippen LogP contribution in [0.4, 0.5) is 10.1 Å². The highest BCUT2D eigenvalue weighted by Gasteiger charge is 2.33. The Morgan fingerprint density at radius 2 is 1.74 bits per heavy atom. The number of esters is 1. The van der Waals surface area contributed by atoms with Gasteiger partial charge in [0, 0.05) is 24.0 Å². The minimum absolute atomic E-state index is 0.253. The summed E-state index contributed by atoms with van der Waals surface area (Å²) in [7, 11) is 1.79. The van der Waals surface area contributed by atoms with E-state index in [0.29, 0.717) is 27.6 Å². The summed E-state index contributed by atoms with van der Waals surface area (Å²) in [6, 6.07) is 11.9. The van der Waals surface area contributed by atoms with Crippen LogP contribution in [0.1, 0.15) is 42.7 Å². The molecule has 0 fully saturated rings. The number of thiocarbonyl (C=S) groups is 1. The molecule has 2 N–H and O–H groups in total. The summed E-state index contributed by atoms with van der Waals surface area (Å²) in [5.41, 5.74) is 2.91. The molecule has 1 aliphatic rings. The van der Waals surface area contributed by atoms with Gasteiger partial charge in [0.25, 0.3) is 5.91 Å². The van der Waals surface area contributed by atoms with E-state index >= 15 is 0 Å². The summed E-state index contributed by atoms with van der Waals surface area (Å²) >= 11 is 5.40. The van der Waals surface area contributed by atoms with Crippen LogP contribution in [-0.4, -0.2) is 35.0 Å². The van der Waals surface area contributed by atoms with Crippen LogP contribution < -0.4 is 10.6 Å². The highest BCUT2D eigenvalue weighted by atomic mass is 32.1. The summed E-state index contributed by atoms with van der Waals surface area (Å²) in [5, 5.41) is 6.45. The Morgan fingerprint density at radius 3 is 2.32 bits per heavy atom. The molecule has 0 bridgehead atoms. The van der Waals surface area contributed by atoms with Crippen LogP contribution in [-0.2, 0) is 9.53 Å². The molecule has 0 saturated carbocycles. The molecule has 1 amide bonds. The van der Waals surface area contributed by atoms with E-state index in [4.69, 9.17) is 17.0 Å². The standard InChI is InChI=1S/C23H24FN3O3S/c1-13(2)30-22(29)19-14(3)27(4)23(31)26-20(19)15-7-11-18(12-8-15)25-21(28)16-5-9-17(24)10-6-16/h5-13,20H,1-4H3,(H,25,28)(H,26,31). The Kier molecular flexibility index (Phi) is 6.70. The number of carbonyl (C=O) groups excluding carboxylic acids is 2. The van der Waals surface area contributed by atoms with Crippen LogP contribution in [0.5, 0.6) is 0 Å². The van der Waals surface area contributed by atoms with Gasteiger partial charge in [-0.2, -0.15) is 0 Å². The minimum Gasteiger partial charge on any atom is -0.459 e. The van der Waals surface area contributed by atoms with Gasteiger partial charge in [-0.05, 0) is 75.0 Å². The lowest BCUT2D eigenvalue weighted by Gasteiger charge is -2.35. The number of amides is 1. The first-order valence-electron chi connectivity index (χ1n) is 9.80. The second-order valence-electron chi connectivity index (χ2n) is 7.48. The van der Waals surface area contributed by atoms with Crippen molar-refractivity contribution in [1.82, 2.24) is 10.2 Å². The molecule has 1 aliphatic heterocycles. The predicted molar refractivity (Wildman–Crippen MR) is 121 cm³/mol. The van der Waals surface area contributed by atoms with Crippen LogP contribution in [0.25, 0.3) is 0 Å². The van der Waals surface area contributed by atoms with E-state index in [1.165, 1.54) is 24.3 Å². The maximum Gasteiger partial charge on any atom is 0.338 e. The largest absolute Gasteiger partial charge is 0.459 e. The predicted octanol–water partition coefficient (Wildman–Crippen LogP) is 4.16. The fourth-order valence-electron chi connectivity index (χ4n) is 3.19. The molecule has 0 spiro atoms. The minimum atomic E-state index is -0.475. The maximum atomic E-state index is 13.0. The van der Waals surface area contributed by atoms with Crippen LogP contribution in [0.2, 0.25) is 0 Å². The van der Waals surface area contributed by atoms with E-state index in [0.717, 1.165) is 5.56 Å². The lowest BCUT2D eigenvalue weighted by Crippen LogP contribution is -2.46. The highest BCUT2D eigenvalue weighted by Crippen LogP contribution is 2.31. The van der Waals surface area contributed by atoms with E-state index in [2.05, 4.69) is 10.6 Å². The van der Waals surface area contributed by atoms with Gasteiger partial charge >= 0.3 is 5.97 Å². The number of allylic oxidation sites excluding steroid dienone is 1. The third kappa shape index (κ3) is 5.08. The van der Waals surface area contributed by atoms with Crippen molar-refractivity contribution in [3.63, 3.8) is 0 Å². The molecule has 31 heavy (non-hydrogen) atoms. The van der Waals surface area contributed by atoms with E-state index in [1.54, 1.807) is 37.9 Å². The molecule has 0 radical (unpaired) electrons. The zero-order valence-corrected chi connectivity index (χ0v) is 18.5. The lowest BCUT2D eigenvalue weighted by molar-refractivity contribution is -0.143. The molecule has 1 atom stereocenters. The summed E-state index contributed by atoms with van der Waals surface area (Å²) < 4.78 is 18.5. The summed E-state index contributed by atoms with van der Waals surface area (Å²) in [5.74, 6) is -1.16. The zero-order valence-electron chi connectivity index (χ0n) is 17.7. The fourth-order valence-corrected chi connectivity index (χ4v) is 3.45. The van der Waals surface area contributed by atoms with Crippen molar-refractivity contribution in [3.05, 3.63) is 76.7 Å². The third-order valence-electron chi connectivity index (χ3n) is 4.92. The second kappa shape index (κ2) is 9.26. The zero-order chi connectivity index (χ0) is 22.7. The molecule has 162 valence electrons. The molecule has 8 heteroatoms. The van der Waals surface area contributed by atoms with Crippen LogP contribution in [0, 0.1) is 5.82 Å². The summed E-state index contributed by atoms with van der Waals surface area (Å²) in [6.45, 7) is 5.42. The van der Waals surface area contributed by atoms with Gasteiger partial charge in [-0.15, -0.1) is 0 Å². The SMILES string of the molecule is CC1=C(C(=O)OC(C)C)C(c2ccc(NC(=O)c3ccc(F)cc3)cc2)NC(=S)N1C. The molecule has 3 rings (SSSR count). The van der Waals surface area contributed by atoms with Crippen molar-refractivity contribution in [1.29, 1.82) is 0 Å². The second-order valence-corrected chi connectivity index (χ2v) is 7.86. The number of carbonyl (C=O) groups is 2. The summed E-state index contributed by atoms with van der Waals surface area (Å²) in [6.07, 6.45) is -0.253. The topological polar surface area (TPSA) is 70.7 Å². The number of nitrogens with zero attached hydrogens (tertiary/aromatic N) is 1. The van der Waals surface area contributed by atoms with Crippen LogP contribution in [0.15, 0.2) is 59.8 Å². The van der Waals surface area contributed by atoms with Gasteiger partial charge in [-0.1, -0.05) is 12.1 Å². The number of rotatable bonds is 5. The molecule has 2 aromatic rings. The van der Waals surface area contributed by atoms with Crippen molar-refractivity contribution in [2.45, 2.75) is 32.9 Å². The molecular formula is C23H24FN3O3S. The van der Waals surface area contributed by atoms with Gasteiger partial charge in [-0.25, -0.2) is 9.18 Å². The number of anilines is 1. The fraction of sp³-hybridized carbons (Fsp3) is 0.261. The molecule has 0 saturated heterocycles. The Bertz CT molecular complexity index is 1030. The third-order valence-corrected chi connectivity index (χ3v) is 5.32. The average Bonchev–Trinajstić information content (AvgIpc) is 2.72. The normalized spacial score (nSPS) is 16.3. The molecule has 2 aromatic carbocycles. The van der Waals surface area contributed by atoms with Crippen molar-refractivity contribution < 1.29 is 18.7 Å². The number of ether oxygens (including phenoxy) is 1. The van der Waals surface area contributed by atoms with Gasteiger partial charge < -0.3 is 20.3 Å². The maximum absolute atomic E-state index is 13.0. The van der Waals surface area contributed by atoms with Crippen LogP contribution in [0.3, 0.4) is 0 Å². The van der Waals surface area contributed by atoms with Gasteiger partial charge in [-0.3, -0.25) is 4.79 Å². The quantitative estimate of drug-likeness (QED) is 0.536. The molecule has 6 nitrogen and oxygen atoms in total. The Morgan fingerprint density at radius 1 is 1.13 bits per heavy atom. The number of hydrogen-bond acceptors (Lipinski definition) is 4. The Balaban J connectivity index is 1.84. The molecule has 1 unspecified atom stereocenters. The van der Waals surface area contributed by atoms with Crippen molar-refractivity contribution in [2.24, 2.45) is 0 Å². The highest BCUT2D eigenvalue weighted by molar-refractivity contribution is 7.80.